The van der Waals surface area contributed by atoms with Crippen LogP contribution in [0.2, 0.25) is 0 Å². The van der Waals surface area contributed by atoms with Gasteiger partial charge in [0, 0.05) is 0 Å². The zero-order valence-corrected chi connectivity index (χ0v) is 14.1. The molecule has 0 spiro atoms. The Morgan fingerprint density at radius 3 is 2.36 bits per heavy atom. The fraction of sp³-hybridized carbons (Fsp3) is 0.235. The summed E-state index contributed by atoms with van der Waals surface area (Å²) < 4.78 is 16.9. The van der Waals surface area contributed by atoms with Crippen molar-refractivity contribution in [2.75, 3.05) is 13.2 Å². The van der Waals surface area contributed by atoms with E-state index in [9.17, 15) is 4.79 Å². The molecule has 116 valence electrons. The molecule has 5 heteroatoms. The molecule has 0 unspecified atom stereocenters. The van der Waals surface area contributed by atoms with Gasteiger partial charge in [-0.3, -0.25) is 0 Å². The molecule has 0 bridgehead atoms. The highest BCUT2D eigenvalue weighted by molar-refractivity contribution is 9.10. The predicted molar refractivity (Wildman–Crippen MR) is 87.6 cm³/mol. The number of para-hydroxylation sites is 2. The predicted octanol–water partition coefficient (Wildman–Crippen LogP) is 4.14. The lowest BCUT2D eigenvalue weighted by molar-refractivity contribution is -0.136. The quantitative estimate of drug-likeness (QED) is 0.570. The molecule has 0 N–H and O–H groups in total. The van der Waals surface area contributed by atoms with E-state index in [0.717, 1.165) is 10.0 Å². The molecule has 0 aromatic heterocycles. The standard InChI is InChI=1S/C17H17BrO4/c1-3-20-15-6-4-5-7-16(15)21-11-17(19)22-14-9-8-12(2)10-13(14)18/h4-10H,3,11H2,1-2H3. The molecule has 22 heavy (non-hydrogen) atoms. The van der Waals surface area contributed by atoms with Crippen LogP contribution in [-0.2, 0) is 4.79 Å². The second kappa shape index (κ2) is 7.84. The molecule has 0 saturated heterocycles. The molecule has 0 aliphatic rings. The first-order chi connectivity index (χ1) is 10.6. The molecule has 0 aliphatic heterocycles. The number of rotatable bonds is 6. The fourth-order valence-corrected chi connectivity index (χ4v) is 2.40. The minimum Gasteiger partial charge on any atom is -0.490 e. The lowest BCUT2D eigenvalue weighted by atomic mass is 10.2. The molecule has 4 nitrogen and oxygen atoms in total. The zero-order valence-electron chi connectivity index (χ0n) is 12.5. The van der Waals surface area contributed by atoms with Crippen molar-refractivity contribution in [3.05, 3.63) is 52.5 Å². The zero-order chi connectivity index (χ0) is 15.9. The second-order valence-electron chi connectivity index (χ2n) is 4.58. The van der Waals surface area contributed by atoms with Gasteiger partial charge in [0.15, 0.2) is 18.1 Å². The van der Waals surface area contributed by atoms with Crippen LogP contribution in [0.1, 0.15) is 12.5 Å². The Morgan fingerprint density at radius 1 is 1.05 bits per heavy atom. The van der Waals surface area contributed by atoms with E-state index in [4.69, 9.17) is 14.2 Å². The molecule has 2 rings (SSSR count). The van der Waals surface area contributed by atoms with Crippen molar-refractivity contribution in [1.82, 2.24) is 0 Å². The van der Waals surface area contributed by atoms with Gasteiger partial charge < -0.3 is 14.2 Å². The van der Waals surface area contributed by atoms with Crippen LogP contribution in [0.3, 0.4) is 0 Å². The Hall–Kier alpha value is -2.01. The summed E-state index contributed by atoms with van der Waals surface area (Å²) in [4.78, 5) is 11.9. The third-order valence-corrected chi connectivity index (χ3v) is 3.43. The van der Waals surface area contributed by atoms with Crippen molar-refractivity contribution < 1.29 is 19.0 Å². The summed E-state index contributed by atoms with van der Waals surface area (Å²) in [7, 11) is 0. The molecule has 0 amide bonds. The highest BCUT2D eigenvalue weighted by Gasteiger charge is 2.11. The fourth-order valence-electron chi connectivity index (χ4n) is 1.82. The summed E-state index contributed by atoms with van der Waals surface area (Å²) >= 11 is 3.37. The number of ether oxygens (including phenoxy) is 3. The molecule has 0 heterocycles. The summed E-state index contributed by atoms with van der Waals surface area (Å²) in [6.07, 6.45) is 0. The van der Waals surface area contributed by atoms with Crippen molar-refractivity contribution >= 4 is 21.9 Å². The number of benzene rings is 2. The normalized spacial score (nSPS) is 10.1. The maximum Gasteiger partial charge on any atom is 0.349 e. The second-order valence-corrected chi connectivity index (χ2v) is 5.43. The monoisotopic (exact) mass is 364 g/mol. The number of hydrogen-bond donors (Lipinski definition) is 0. The van der Waals surface area contributed by atoms with Gasteiger partial charge in [-0.2, -0.15) is 0 Å². The van der Waals surface area contributed by atoms with Gasteiger partial charge in [-0.25, -0.2) is 4.79 Å². The molecule has 0 aliphatic carbocycles. The number of halogens is 1. The maximum absolute atomic E-state index is 11.9. The van der Waals surface area contributed by atoms with E-state index < -0.39 is 5.97 Å². The number of carbonyl (C=O) groups excluding carboxylic acids is 1. The van der Waals surface area contributed by atoms with E-state index in [0.29, 0.717) is 23.9 Å². The molecule has 2 aromatic carbocycles. The van der Waals surface area contributed by atoms with Gasteiger partial charge in [0.25, 0.3) is 0 Å². The molecule has 2 aromatic rings. The van der Waals surface area contributed by atoms with Crippen LogP contribution in [-0.4, -0.2) is 19.2 Å². The number of esters is 1. The molecule has 0 atom stereocenters. The van der Waals surface area contributed by atoms with E-state index >= 15 is 0 Å². The van der Waals surface area contributed by atoms with E-state index in [1.807, 2.05) is 38.1 Å². The lowest BCUT2D eigenvalue weighted by Gasteiger charge is -2.11. The van der Waals surface area contributed by atoms with E-state index in [1.54, 1.807) is 18.2 Å². The third-order valence-electron chi connectivity index (χ3n) is 2.81. The van der Waals surface area contributed by atoms with E-state index in [-0.39, 0.29) is 6.61 Å². The van der Waals surface area contributed by atoms with E-state index in [2.05, 4.69) is 15.9 Å². The molecule has 0 fully saturated rings. The van der Waals surface area contributed by atoms with Crippen LogP contribution in [0, 0.1) is 6.92 Å². The van der Waals surface area contributed by atoms with Crippen LogP contribution >= 0.6 is 15.9 Å². The first-order valence-corrected chi connectivity index (χ1v) is 7.71. The Bertz CT molecular complexity index is 655. The number of aryl methyl sites for hydroxylation is 1. The Kier molecular flexibility index (Phi) is 5.83. The average molecular weight is 365 g/mol. The first kappa shape index (κ1) is 16.4. The van der Waals surface area contributed by atoms with Crippen LogP contribution < -0.4 is 14.2 Å². The van der Waals surface area contributed by atoms with Crippen molar-refractivity contribution in [1.29, 1.82) is 0 Å². The highest BCUT2D eigenvalue weighted by Crippen LogP contribution is 2.27. The molecule has 0 radical (unpaired) electrons. The molecular formula is C17H17BrO4. The largest absolute Gasteiger partial charge is 0.490 e. The summed E-state index contributed by atoms with van der Waals surface area (Å²) in [5.74, 6) is 1.12. The minimum absolute atomic E-state index is 0.190. The number of hydrogen-bond acceptors (Lipinski definition) is 4. The van der Waals surface area contributed by atoms with Gasteiger partial charge in [-0.1, -0.05) is 18.2 Å². The summed E-state index contributed by atoms with van der Waals surface area (Å²) in [5, 5.41) is 0. The van der Waals surface area contributed by atoms with Crippen molar-refractivity contribution in [2.24, 2.45) is 0 Å². The Morgan fingerprint density at radius 2 is 1.73 bits per heavy atom. The smallest absolute Gasteiger partial charge is 0.349 e. The van der Waals surface area contributed by atoms with Crippen LogP contribution in [0.15, 0.2) is 46.9 Å². The summed E-state index contributed by atoms with van der Waals surface area (Å²) in [6.45, 7) is 4.19. The van der Waals surface area contributed by atoms with Gasteiger partial charge in [-0.05, 0) is 59.6 Å². The van der Waals surface area contributed by atoms with Crippen molar-refractivity contribution in [3.8, 4) is 17.2 Å². The van der Waals surface area contributed by atoms with E-state index in [1.165, 1.54) is 0 Å². The summed E-state index contributed by atoms with van der Waals surface area (Å²) in [5.41, 5.74) is 1.08. The summed E-state index contributed by atoms with van der Waals surface area (Å²) in [6, 6.07) is 12.7. The van der Waals surface area contributed by atoms with Gasteiger partial charge in [-0.15, -0.1) is 0 Å². The van der Waals surface area contributed by atoms with Crippen LogP contribution in [0.4, 0.5) is 0 Å². The minimum atomic E-state index is -0.476. The molecule has 0 saturated carbocycles. The van der Waals surface area contributed by atoms with Crippen LogP contribution in [0.25, 0.3) is 0 Å². The SMILES string of the molecule is CCOc1ccccc1OCC(=O)Oc1ccc(C)cc1Br. The first-order valence-electron chi connectivity index (χ1n) is 6.91. The highest BCUT2D eigenvalue weighted by atomic mass is 79.9. The number of carbonyl (C=O) groups is 1. The topological polar surface area (TPSA) is 44.8 Å². The van der Waals surface area contributed by atoms with Crippen molar-refractivity contribution in [2.45, 2.75) is 13.8 Å². The van der Waals surface area contributed by atoms with Gasteiger partial charge >= 0.3 is 5.97 Å². The van der Waals surface area contributed by atoms with Gasteiger partial charge in [0.2, 0.25) is 0 Å². The Labute approximate surface area is 138 Å². The average Bonchev–Trinajstić information content (AvgIpc) is 2.49. The van der Waals surface area contributed by atoms with Gasteiger partial charge in [0.1, 0.15) is 5.75 Å². The van der Waals surface area contributed by atoms with Gasteiger partial charge in [0.05, 0.1) is 11.1 Å². The maximum atomic E-state index is 11.9. The van der Waals surface area contributed by atoms with Crippen molar-refractivity contribution in [3.63, 3.8) is 0 Å². The molecular weight excluding hydrogens is 348 g/mol. The lowest BCUT2D eigenvalue weighted by Crippen LogP contribution is -2.18. The van der Waals surface area contributed by atoms with Crippen LogP contribution in [0.5, 0.6) is 17.2 Å². The Balaban J connectivity index is 1.95. The third kappa shape index (κ3) is 4.49.